The highest BCUT2D eigenvalue weighted by atomic mass is 16.5. The van der Waals surface area contributed by atoms with Crippen molar-refractivity contribution in [2.45, 2.75) is 19.9 Å². The predicted molar refractivity (Wildman–Crippen MR) is 48.4 cm³/mol. The van der Waals surface area contributed by atoms with E-state index in [1.165, 1.54) is 6.20 Å². The second kappa shape index (κ2) is 3.89. The molecule has 4 nitrogen and oxygen atoms in total. The quantitative estimate of drug-likeness (QED) is 0.523. The molecule has 1 heterocycles. The Morgan fingerprint density at radius 2 is 2.46 bits per heavy atom. The lowest BCUT2D eigenvalue weighted by atomic mass is 10.4. The normalized spacial score (nSPS) is 10.1. The van der Waals surface area contributed by atoms with Gasteiger partial charge in [0, 0.05) is 12.1 Å². The van der Waals surface area contributed by atoms with Crippen LogP contribution in [0.15, 0.2) is 25.0 Å². The molecule has 70 valence electrons. The van der Waals surface area contributed by atoms with Crippen LogP contribution in [0.3, 0.4) is 0 Å². The van der Waals surface area contributed by atoms with Crippen molar-refractivity contribution in [1.82, 2.24) is 9.78 Å². The summed E-state index contributed by atoms with van der Waals surface area (Å²) in [7, 11) is 0. The van der Waals surface area contributed by atoms with Crippen LogP contribution in [0.2, 0.25) is 0 Å². The molecule has 0 radical (unpaired) electrons. The molecule has 1 rings (SSSR count). The molecule has 0 bridgehead atoms. The summed E-state index contributed by atoms with van der Waals surface area (Å²) in [5, 5.41) is 4.01. The van der Waals surface area contributed by atoms with E-state index in [9.17, 15) is 4.79 Å². The first kappa shape index (κ1) is 9.51. The van der Waals surface area contributed by atoms with Crippen LogP contribution in [0.4, 0.5) is 0 Å². The molecule has 0 fully saturated rings. The van der Waals surface area contributed by atoms with Crippen molar-refractivity contribution in [3.63, 3.8) is 0 Å². The summed E-state index contributed by atoms with van der Waals surface area (Å²) >= 11 is 0. The minimum Gasteiger partial charge on any atom is -0.420 e. The van der Waals surface area contributed by atoms with E-state index < -0.39 is 5.97 Å². The Balaban J connectivity index is 2.69. The SMILES string of the molecule is C=CC(=O)Oc1cnn(C(C)C)c1. The average molecular weight is 180 g/mol. The summed E-state index contributed by atoms with van der Waals surface area (Å²) in [6, 6.07) is 0.260. The van der Waals surface area contributed by atoms with Gasteiger partial charge in [-0.2, -0.15) is 5.10 Å². The van der Waals surface area contributed by atoms with Crippen LogP contribution >= 0.6 is 0 Å². The summed E-state index contributed by atoms with van der Waals surface area (Å²) in [6.45, 7) is 7.28. The number of hydrogen-bond acceptors (Lipinski definition) is 3. The fourth-order valence-electron chi connectivity index (χ4n) is 0.814. The van der Waals surface area contributed by atoms with E-state index >= 15 is 0 Å². The van der Waals surface area contributed by atoms with Crippen molar-refractivity contribution in [3.8, 4) is 5.75 Å². The number of aromatic nitrogens is 2. The van der Waals surface area contributed by atoms with Crippen LogP contribution < -0.4 is 4.74 Å². The van der Waals surface area contributed by atoms with Crippen LogP contribution in [0, 0.1) is 0 Å². The second-order valence-electron chi connectivity index (χ2n) is 2.88. The van der Waals surface area contributed by atoms with Gasteiger partial charge in [-0.05, 0) is 13.8 Å². The van der Waals surface area contributed by atoms with Crippen molar-refractivity contribution in [1.29, 1.82) is 0 Å². The highest BCUT2D eigenvalue weighted by Crippen LogP contribution is 2.12. The Hall–Kier alpha value is -1.58. The maximum Gasteiger partial charge on any atom is 0.335 e. The van der Waals surface area contributed by atoms with Gasteiger partial charge in [0.1, 0.15) is 0 Å². The highest BCUT2D eigenvalue weighted by Gasteiger charge is 2.04. The van der Waals surface area contributed by atoms with E-state index in [2.05, 4.69) is 11.7 Å². The number of ether oxygens (including phenoxy) is 1. The Labute approximate surface area is 76.8 Å². The molecule has 0 aromatic carbocycles. The predicted octanol–water partition coefficient (Wildman–Crippen LogP) is 1.56. The lowest BCUT2D eigenvalue weighted by molar-refractivity contribution is -0.128. The molecule has 1 aromatic rings. The van der Waals surface area contributed by atoms with Crippen molar-refractivity contribution < 1.29 is 9.53 Å². The molecule has 0 aliphatic carbocycles. The first-order chi connectivity index (χ1) is 6.13. The smallest absolute Gasteiger partial charge is 0.335 e. The van der Waals surface area contributed by atoms with Gasteiger partial charge < -0.3 is 4.74 Å². The van der Waals surface area contributed by atoms with Gasteiger partial charge >= 0.3 is 5.97 Å². The van der Waals surface area contributed by atoms with Gasteiger partial charge in [0.05, 0.1) is 12.4 Å². The molecule has 0 spiro atoms. The average Bonchev–Trinajstić information content (AvgIpc) is 2.52. The molecule has 0 aliphatic rings. The van der Waals surface area contributed by atoms with Crippen LogP contribution in [-0.4, -0.2) is 15.7 Å². The van der Waals surface area contributed by atoms with Gasteiger partial charge in [-0.25, -0.2) is 4.79 Å². The number of hydrogen-bond donors (Lipinski definition) is 0. The molecule has 0 amide bonds. The molecular formula is C9H12N2O2. The Bertz CT molecular complexity index is 315. The minimum absolute atomic E-state index is 0.260. The summed E-state index contributed by atoms with van der Waals surface area (Å²) in [5.41, 5.74) is 0. The largest absolute Gasteiger partial charge is 0.420 e. The van der Waals surface area contributed by atoms with Gasteiger partial charge in [0.2, 0.25) is 0 Å². The van der Waals surface area contributed by atoms with E-state index in [4.69, 9.17) is 4.74 Å². The first-order valence-electron chi connectivity index (χ1n) is 4.02. The van der Waals surface area contributed by atoms with Gasteiger partial charge in [-0.15, -0.1) is 0 Å². The monoisotopic (exact) mass is 180 g/mol. The molecule has 0 aliphatic heterocycles. The Morgan fingerprint density at radius 1 is 1.77 bits per heavy atom. The summed E-state index contributed by atoms with van der Waals surface area (Å²) in [6.07, 6.45) is 4.29. The third-order valence-corrected chi connectivity index (χ3v) is 1.49. The molecule has 0 N–H and O–H groups in total. The zero-order chi connectivity index (χ0) is 9.84. The molecular weight excluding hydrogens is 168 g/mol. The summed E-state index contributed by atoms with van der Waals surface area (Å²) < 4.78 is 6.57. The first-order valence-corrected chi connectivity index (χ1v) is 4.02. The molecule has 0 saturated heterocycles. The molecule has 13 heavy (non-hydrogen) atoms. The van der Waals surface area contributed by atoms with E-state index in [1.807, 2.05) is 13.8 Å². The molecule has 1 aromatic heterocycles. The van der Waals surface area contributed by atoms with Crippen LogP contribution in [0.1, 0.15) is 19.9 Å². The van der Waals surface area contributed by atoms with Gasteiger partial charge in [-0.3, -0.25) is 4.68 Å². The van der Waals surface area contributed by atoms with Gasteiger partial charge in [0.25, 0.3) is 0 Å². The second-order valence-corrected chi connectivity index (χ2v) is 2.88. The van der Waals surface area contributed by atoms with Gasteiger partial charge in [-0.1, -0.05) is 6.58 Å². The van der Waals surface area contributed by atoms with Crippen molar-refractivity contribution in [2.24, 2.45) is 0 Å². The molecule has 0 atom stereocenters. The number of carbonyl (C=O) groups is 1. The minimum atomic E-state index is -0.469. The third-order valence-electron chi connectivity index (χ3n) is 1.49. The number of carbonyl (C=O) groups excluding carboxylic acids is 1. The highest BCUT2D eigenvalue weighted by molar-refractivity contribution is 5.83. The maximum absolute atomic E-state index is 10.8. The Morgan fingerprint density at radius 3 is 2.92 bits per heavy atom. The molecule has 0 saturated carbocycles. The number of nitrogens with zero attached hydrogens (tertiary/aromatic N) is 2. The van der Waals surface area contributed by atoms with Crippen LogP contribution in [0.5, 0.6) is 5.75 Å². The lowest BCUT2D eigenvalue weighted by Gasteiger charge is -2.02. The van der Waals surface area contributed by atoms with E-state index in [0.29, 0.717) is 5.75 Å². The summed E-state index contributed by atoms with van der Waals surface area (Å²) in [4.78, 5) is 10.8. The van der Waals surface area contributed by atoms with Crippen LogP contribution in [0.25, 0.3) is 0 Å². The maximum atomic E-state index is 10.8. The van der Waals surface area contributed by atoms with E-state index in [0.717, 1.165) is 6.08 Å². The third kappa shape index (κ3) is 2.43. The van der Waals surface area contributed by atoms with E-state index in [-0.39, 0.29) is 6.04 Å². The van der Waals surface area contributed by atoms with E-state index in [1.54, 1.807) is 10.9 Å². The fraction of sp³-hybridized carbons (Fsp3) is 0.333. The fourth-order valence-corrected chi connectivity index (χ4v) is 0.814. The Kier molecular flexibility index (Phi) is 2.84. The van der Waals surface area contributed by atoms with Crippen molar-refractivity contribution >= 4 is 5.97 Å². The summed E-state index contributed by atoms with van der Waals surface area (Å²) in [5.74, 6) is -0.0260. The zero-order valence-electron chi connectivity index (χ0n) is 7.73. The molecule has 0 unspecified atom stereocenters. The van der Waals surface area contributed by atoms with Crippen molar-refractivity contribution in [2.75, 3.05) is 0 Å². The number of rotatable bonds is 3. The number of esters is 1. The standard InChI is InChI=1S/C9H12N2O2/c1-4-9(12)13-8-5-10-11(6-8)7(2)3/h4-7H,1H2,2-3H3. The zero-order valence-corrected chi connectivity index (χ0v) is 7.73. The van der Waals surface area contributed by atoms with Crippen molar-refractivity contribution in [3.05, 3.63) is 25.0 Å². The van der Waals surface area contributed by atoms with Crippen LogP contribution in [-0.2, 0) is 4.79 Å². The lowest BCUT2D eigenvalue weighted by Crippen LogP contribution is -2.03. The topological polar surface area (TPSA) is 44.1 Å². The van der Waals surface area contributed by atoms with Gasteiger partial charge in [0.15, 0.2) is 5.75 Å². The molecule has 4 heteroatoms.